The van der Waals surface area contributed by atoms with Crippen molar-refractivity contribution in [1.29, 1.82) is 0 Å². The van der Waals surface area contributed by atoms with E-state index in [9.17, 15) is 33.5 Å². The van der Waals surface area contributed by atoms with Crippen LogP contribution in [0, 0.1) is 5.92 Å². The smallest absolute Gasteiger partial charge is 0.408 e. The van der Waals surface area contributed by atoms with E-state index in [1.165, 1.54) is 18.2 Å². The Morgan fingerprint density at radius 2 is 1.61 bits per heavy atom. The first-order chi connectivity index (χ1) is 23.0. The zero-order chi connectivity index (χ0) is 36.5. The number of alkyl carbamates (subject to hydrolysis) is 1. The lowest BCUT2D eigenvalue weighted by Crippen LogP contribution is -2.57. The summed E-state index contributed by atoms with van der Waals surface area (Å²) in [6.07, 6.45) is -5.04. The summed E-state index contributed by atoms with van der Waals surface area (Å²) in [5.74, 6) is -3.82. The van der Waals surface area contributed by atoms with Gasteiger partial charge in [0.25, 0.3) is 0 Å². The number of aliphatic hydroxyl groups excluding tert-OH is 1. The summed E-state index contributed by atoms with van der Waals surface area (Å²) >= 11 is 12.2. The fourth-order valence-electron chi connectivity index (χ4n) is 5.03. The van der Waals surface area contributed by atoms with Gasteiger partial charge in [-0.15, -0.1) is 0 Å². The fourth-order valence-corrected chi connectivity index (χ4v) is 5.58. The average Bonchev–Trinajstić information content (AvgIpc) is 3.42. The first-order valence-corrected chi connectivity index (χ1v) is 16.5. The van der Waals surface area contributed by atoms with E-state index in [2.05, 4.69) is 10.6 Å². The van der Waals surface area contributed by atoms with Crippen LogP contribution in [0.2, 0.25) is 10.0 Å². The van der Waals surface area contributed by atoms with Crippen LogP contribution in [-0.2, 0) is 35.2 Å². The summed E-state index contributed by atoms with van der Waals surface area (Å²) in [5.41, 5.74) is -0.314. The van der Waals surface area contributed by atoms with E-state index >= 15 is 0 Å². The molecular formula is C34H42Cl2FN3O9. The van der Waals surface area contributed by atoms with Gasteiger partial charge in [-0.25, -0.2) is 14.0 Å². The predicted molar refractivity (Wildman–Crippen MR) is 179 cm³/mol. The topological polar surface area (TPSA) is 161 Å². The van der Waals surface area contributed by atoms with Crippen molar-refractivity contribution in [3.05, 3.63) is 69.7 Å². The molecular weight excluding hydrogens is 684 g/mol. The Kier molecular flexibility index (Phi) is 14.2. The molecule has 49 heavy (non-hydrogen) atoms. The Labute approximate surface area is 294 Å². The molecule has 0 aromatic heterocycles. The summed E-state index contributed by atoms with van der Waals surface area (Å²) in [6, 6.07) is 9.36. The van der Waals surface area contributed by atoms with Gasteiger partial charge in [0.05, 0.1) is 34.6 Å². The van der Waals surface area contributed by atoms with Gasteiger partial charge in [0.15, 0.2) is 0 Å². The molecule has 12 nitrogen and oxygen atoms in total. The number of rotatable bonds is 13. The van der Waals surface area contributed by atoms with Crippen molar-refractivity contribution >= 4 is 53.0 Å². The molecule has 3 N–H and O–H groups in total. The van der Waals surface area contributed by atoms with Crippen molar-refractivity contribution in [2.45, 2.75) is 90.1 Å². The molecule has 1 saturated heterocycles. The van der Waals surface area contributed by atoms with Gasteiger partial charge in [-0.2, -0.15) is 0 Å². The number of carbonyl (C=O) groups is 5. The molecule has 3 amide bonds. The van der Waals surface area contributed by atoms with Gasteiger partial charge in [0, 0.05) is 6.42 Å². The van der Waals surface area contributed by atoms with Gasteiger partial charge in [0.1, 0.15) is 43.2 Å². The first-order valence-electron chi connectivity index (χ1n) is 15.7. The molecule has 0 bridgehead atoms. The largest absolute Gasteiger partial charge is 0.460 e. The number of aliphatic hydroxyl groups is 1. The van der Waals surface area contributed by atoms with Crippen LogP contribution in [0.5, 0.6) is 0 Å². The lowest BCUT2D eigenvalue weighted by molar-refractivity contribution is -0.156. The summed E-state index contributed by atoms with van der Waals surface area (Å²) in [4.78, 5) is 66.4. The number of ether oxygens (including phenoxy) is 3. The maximum absolute atomic E-state index is 14.8. The first kappa shape index (κ1) is 39.5. The van der Waals surface area contributed by atoms with Crippen LogP contribution in [0.3, 0.4) is 0 Å². The minimum absolute atomic E-state index is 0.0102. The highest BCUT2D eigenvalue weighted by atomic mass is 35.5. The number of nitrogens with zero attached hydrogens (tertiary/aromatic N) is 1. The third kappa shape index (κ3) is 11.9. The van der Waals surface area contributed by atoms with E-state index in [0.717, 1.165) is 10.5 Å². The van der Waals surface area contributed by atoms with Crippen molar-refractivity contribution < 1.29 is 47.7 Å². The summed E-state index contributed by atoms with van der Waals surface area (Å²) < 4.78 is 30.6. The summed E-state index contributed by atoms with van der Waals surface area (Å²) in [7, 11) is 0. The van der Waals surface area contributed by atoms with Crippen LogP contribution in [0.1, 0.15) is 63.4 Å². The van der Waals surface area contributed by atoms with E-state index in [1.807, 2.05) is 6.07 Å². The number of amides is 3. The summed E-state index contributed by atoms with van der Waals surface area (Å²) in [6.45, 7) is 7.05. The highest BCUT2D eigenvalue weighted by molar-refractivity contribution is 6.39. The fraction of sp³-hybridized carbons (Fsp3) is 0.500. The van der Waals surface area contributed by atoms with E-state index in [1.54, 1.807) is 58.9 Å². The van der Waals surface area contributed by atoms with Gasteiger partial charge >= 0.3 is 18.0 Å². The van der Waals surface area contributed by atoms with E-state index in [0.29, 0.717) is 0 Å². The monoisotopic (exact) mass is 725 g/mol. The van der Waals surface area contributed by atoms with Gasteiger partial charge in [-0.05, 0) is 44.4 Å². The third-order valence-corrected chi connectivity index (χ3v) is 8.04. The van der Waals surface area contributed by atoms with Crippen LogP contribution >= 0.6 is 23.2 Å². The second kappa shape index (κ2) is 17.6. The third-order valence-electron chi connectivity index (χ3n) is 7.41. The molecule has 268 valence electrons. The zero-order valence-electron chi connectivity index (χ0n) is 27.9. The molecule has 2 aromatic rings. The number of likely N-dealkylation sites (tertiary alicyclic amines) is 1. The Hall–Kier alpha value is -3.94. The molecule has 15 heteroatoms. The molecule has 0 saturated carbocycles. The van der Waals surface area contributed by atoms with Crippen LogP contribution in [-0.4, -0.2) is 89.0 Å². The molecule has 0 radical (unpaired) electrons. The van der Waals surface area contributed by atoms with Gasteiger partial charge in [-0.3, -0.25) is 14.4 Å². The molecule has 1 heterocycles. The molecule has 2 aromatic carbocycles. The van der Waals surface area contributed by atoms with Crippen LogP contribution < -0.4 is 10.6 Å². The Balaban J connectivity index is 1.74. The number of hydrogen-bond donors (Lipinski definition) is 3. The van der Waals surface area contributed by atoms with Crippen LogP contribution in [0.25, 0.3) is 0 Å². The second-order valence-corrected chi connectivity index (χ2v) is 13.7. The quantitative estimate of drug-likeness (QED) is 0.198. The number of nitrogens with one attached hydrogen (secondary N) is 2. The van der Waals surface area contributed by atoms with Crippen LogP contribution in [0.4, 0.5) is 9.18 Å². The maximum Gasteiger partial charge on any atom is 0.408 e. The Morgan fingerprint density at radius 1 is 0.980 bits per heavy atom. The summed E-state index contributed by atoms with van der Waals surface area (Å²) in [5, 5.41) is 16.1. The number of carbonyl (C=O) groups excluding carboxylic acids is 5. The van der Waals surface area contributed by atoms with E-state index in [4.69, 9.17) is 37.4 Å². The molecule has 1 aliphatic rings. The maximum atomic E-state index is 14.8. The number of hydrogen-bond acceptors (Lipinski definition) is 9. The molecule has 0 aliphatic carbocycles. The standard InChI is InChI=1S/C34H42Cl2FN3O9/c1-19(2)29(39-33(46)48-17-20-10-7-6-8-11-20)31(44)40-16-21(37)14-25(40)30(43)38-24(15-27(42)49-34(3,4)5)26(41)18-47-32(45)28-22(35)12-9-13-23(28)36/h6-13,19,21,24-26,29,41H,14-18H2,1-5H3,(H,38,43)(H,39,46)/t21-,24-,25?,26?,29?/m0/s1. The lowest BCUT2D eigenvalue weighted by Gasteiger charge is -2.32. The van der Waals surface area contributed by atoms with Crippen molar-refractivity contribution in [2.24, 2.45) is 5.92 Å². The lowest BCUT2D eigenvalue weighted by atomic mass is 10.0. The highest BCUT2D eigenvalue weighted by Gasteiger charge is 2.44. The highest BCUT2D eigenvalue weighted by Crippen LogP contribution is 2.26. The van der Waals surface area contributed by atoms with Gasteiger partial charge in [-0.1, -0.05) is 73.4 Å². The Bertz CT molecular complexity index is 1470. The number of benzene rings is 2. The molecule has 1 fully saturated rings. The molecule has 3 unspecified atom stereocenters. The van der Waals surface area contributed by atoms with Crippen molar-refractivity contribution in [1.82, 2.24) is 15.5 Å². The SMILES string of the molecule is CC(C)C(NC(=O)OCc1ccccc1)C(=O)N1C[C@@H](F)CC1C(=O)N[C@@H](CC(=O)OC(C)(C)C)C(O)COC(=O)c1c(Cl)cccc1Cl. The van der Waals surface area contributed by atoms with Crippen molar-refractivity contribution in [3.63, 3.8) is 0 Å². The average molecular weight is 727 g/mol. The zero-order valence-corrected chi connectivity index (χ0v) is 29.4. The number of alkyl halides is 1. The molecule has 0 spiro atoms. The van der Waals surface area contributed by atoms with Crippen LogP contribution in [0.15, 0.2) is 48.5 Å². The molecule has 3 rings (SSSR count). The minimum Gasteiger partial charge on any atom is -0.460 e. The number of halogens is 3. The minimum atomic E-state index is -1.65. The van der Waals surface area contributed by atoms with E-state index in [-0.39, 0.29) is 28.6 Å². The Morgan fingerprint density at radius 3 is 2.20 bits per heavy atom. The number of esters is 2. The normalized spacial score (nSPS) is 17.9. The molecule has 5 atom stereocenters. The van der Waals surface area contributed by atoms with Gasteiger partial charge < -0.3 is 34.9 Å². The molecule has 1 aliphatic heterocycles. The van der Waals surface area contributed by atoms with E-state index < -0.39 is 91.3 Å². The van der Waals surface area contributed by atoms with Crippen molar-refractivity contribution in [3.8, 4) is 0 Å². The second-order valence-electron chi connectivity index (χ2n) is 12.9. The van der Waals surface area contributed by atoms with Crippen molar-refractivity contribution in [2.75, 3.05) is 13.2 Å². The van der Waals surface area contributed by atoms with Gasteiger partial charge in [0.2, 0.25) is 11.8 Å². The predicted octanol–water partition coefficient (Wildman–Crippen LogP) is 4.62.